The van der Waals surface area contributed by atoms with Gasteiger partial charge in [-0.05, 0) is 38.1 Å². The summed E-state index contributed by atoms with van der Waals surface area (Å²) in [6, 6.07) is 0. The van der Waals surface area contributed by atoms with E-state index in [-0.39, 0.29) is 12.4 Å². The summed E-state index contributed by atoms with van der Waals surface area (Å²) in [5.41, 5.74) is 5.86. The zero-order chi connectivity index (χ0) is 7.03. The molecule has 1 aliphatic carbocycles. The predicted molar refractivity (Wildman–Crippen MR) is 46.9 cm³/mol. The van der Waals surface area contributed by atoms with Crippen LogP contribution in [-0.2, 0) is 4.74 Å². The molecule has 1 spiro atoms. The van der Waals surface area contributed by atoms with Crippen LogP contribution in [0.25, 0.3) is 0 Å². The molecular weight excluding hydrogens is 162 g/mol. The van der Waals surface area contributed by atoms with Gasteiger partial charge in [-0.3, -0.25) is 0 Å². The van der Waals surface area contributed by atoms with E-state index in [2.05, 4.69) is 0 Å². The van der Waals surface area contributed by atoms with Crippen molar-refractivity contribution >= 4 is 12.4 Å². The van der Waals surface area contributed by atoms with Gasteiger partial charge in [0.05, 0.1) is 12.2 Å². The maximum atomic E-state index is 5.70. The number of hydrogen-bond donors (Lipinski definition) is 1. The molecule has 3 heteroatoms. The molecule has 0 bridgehead atoms. The quantitative estimate of drug-likeness (QED) is 0.656. The largest absolute Gasteiger partial charge is 0.375 e. The Balaban J connectivity index is 0.000000605. The Morgan fingerprint density at radius 3 is 2.45 bits per heavy atom. The molecule has 1 saturated carbocycles. The molecule has 11 heavy (non-hydrogen) atoms. The molecular formula is C8H16ClNO. The zero-order valence-electron chi connectivity index (χ0n) is 6.71. The third kappa shape index (κ3) is 1.53. The van der Waals surface area contributed by atoms with Crippen LogP contribution < -0.4 is 5.73 Å². The van der Waals surface area contributed by atoms with Gasteiger partial charge in [-0.1, -0.05) is 0 Å². The first-order valence-electron chi connectivity index (χ1n) is 4.19. The molecule has 0 amide bonds. The van der Waals surface area contributed by atoms with Crippen molar-refractivity contribution in [3.8, 4) is 0 Å². The van der Waals surface area contributed by atoms with Crippen LogP contribution in [0.1, 0.15) is 25.7 Å². The standard InChI is InChI=1S/C8H15NO.ClH/c9-5-7-4-8(10-6-7)2-1-3-8;/h7H,1-6,9H2;1H. The van der Waals surface area contributed by atoms with E-state index >= 15 is 0 Å². The number of hydrogen-bond acceptors (Lipinski definition) is 2. The van der Waals surface area contributed by atoms with Gasteiger partial charge < -0.3 is 10.5 Å². The van der Waals surface area contributed by atoms with Crippen LogP contribution in [-0.4, -0.2) is 18.8 Å². The summed E-state index contributed by atoms with van der Waals surface area (Å²) in [7, 11) is 0. The second-order valence-corrected chi connectivity index (χ2v) is 3.65. The van der Waals surface area contributed by atoms with Crippen molar-refractivity contribution in [2.45, 2.75) is 31.3 Å². The molecule has 1 saturated heterocycles. The number of ether oxygens (including phenoxy) is 1. The number of nitrogens with two attached hydrogens (primary N) is 1. The first-order chi connectivity index (χ1) is 4.85. The van der Waals surface area contributed by atoms with Gasteiger partial charge in [0, 0.05) is 0 Å². The topological polar surface area (TPSA) is 35.2 Å². The SMILES string of the molecule is Cl.NCC1COC2(CCC2)C1. The van der Waals surface area contributed by atoms with Crippen molar-refractivity contribution in [2.24, 2.45) is 11.7 Å². The van der Waals surface area contributed by atoms with E-state index in [1.807, 2.05) is 0 Å². The van der Waals surface area contributed by atoms with E-state index in [0.29, 0.717) is 11.5 Å². The van der Waals surface area contributed by atoms with Gasteiger partial charge in [0.25, 0.3) is 0 Å². The highest BCUT2D eigenvalue weighted by molar-refractivity contribution is 5.85. The first-order valence-corrected chi connectivity index (χ1v) is 4.19. The van der Waals surface area contributed by atoms with Crippen LogP contribution in [0.2, 0.25) is 0 Å². The molecule has 2 fully saturated rings. The molecule has 2 N–H and O–H groups in total. The van der Waals surface area contributed by atoms with Gasteiger partial charge in [0.2, 0.25) is 0 Å². The van der Waals surface area contributed by atoms with Crippen LogP contribution in [0.15, 0.2) is 0 Å². The van der Waals surface area contributed by atoms with Crippen molar-refractivity contribution < 1.29 is 4.74 Å². The molecule has 0 aromatic carbocycles. The third-order valence-corrected chi connectivity index (χ3v) is 2.88. The van der Waals surface area contributed by atoms with E-state index in [9.17, 15) is 0 Å². The Kier molecular flexibility index (Phi) is 2.79. The normalized spacial score (nSPS) is 33.0. The molecule has 0 radical (unpaired) electrons. The van der Waals surface area contributed by atoms with Gasteiger partial charge in [0.1, 0.15) is 0 Å². The number of rotatable bonds is 1. The van der Waals surface area contributed by atoms with Crippen molar-refractivity contribution in [1.29, 1.82) is 0 Å². The minimum absolute atomic E-state index is 0. The second kappa shape index (κ2) is 3.30. The molecule has 0 aromatic rings. The minimum atomic E-state index is 0. The van der Waals surface area contributed by atoms with Crippen LogP contribution in [0.5, 0.6) is 0 Å². The first kappa shape index (κ1) is 9.30. The summed E-state index contributed by atoms with van der Waals surface area (Å²) in [5.74, 6) is 0.653. The Morgan fingerprint density at radius 1 is 1.45 bits per heavy atom. The van der Waals surface area contributed by atoms with E-state index in [1.165, 1.54) is 25.7 Å². The number of halogens is 1. The molecule has 2 nitrogen and oxygen atoms in total. The van der Waals surface area contributed by atoms with Crippen molar-refractivity contribution in [3.05, 3.63) is 0 Å². The average Bonchev–Trinajstić information content (AvgIpc) is 2.29. The van der Waals surface area contributed by atoms with Gasteiger partial charge >= 0.3 is 0 Å². The maximum absolute atomic E-state index is 5.70. The summed E-state index contributed by atoms with van der Waals surface area (Å²) in [4.78, 5) is 0. The van der Waals surface area contributed by atoms with Crippen molar-refractivity contribution in [2.75, 3.05) is 13.2 Å². The molecule has 1 heterocycles. The fourth-order valence-electron chi connectivity index (χ4n) is 2.01. The van der Waals surface area contributed by atoms with Crippen molar-refractivity contribution in [3.63, 3.8) is 0 Å². The lowest BCUT2D eigenvalue weighted by molar-refractivity contribution is -0.0564. The smallest absolute Gasteiger partial charge is 0.0686 e. The summed E-state index contributed by atoms with van der Waals surface area (Å²) in [6.07, 6.45) is 5.15. The lowest BCUT2D eigenvalue weighted by Gasteiger charge is -2.37. The summed E-state index contributed by atoms with van der Waals surface area (Å²) >= 11 is 0. The molecule has 1 aliphatic heterocycles. The molecule has 1 atom stereocenters. The van der Waals surface area contributed by atoms with Gasteiger partial charge in [-0.2, -0.15) is 0 Å². The predicted octanol–water partition coefficient (Wildman–Crippen LogP) is 1.33. The third-order valence-electron chi connectivity index (χ3n) is 2.88. The second-order valence-electron chi connectivity index (χ2n) is 3.65. The Labute approximate surface area is 73.9 Å². The van der Waals surface area contributed by atoms with E-state index < -0.39 is 0 Å². The summed E-state index contributed by atoms with van der Waals surface area (Å²) < 4.78 is 5.70. The molecule has 2 aliphatic rings. The Hall–Kier alpha value is 0.210. The van der Waals surface area contributed by atoms with Gasteiger partial charge in [0.15, 0.2) is 0 Å². The lowest BCUT2D eigenvalue weighted by atomic mass is 9.76. The zero-order valence-corrected chi connectivity index (χ0v) is 7.53. The van der Waals surface area contributed by atoms with E-state index in [4.69, 9.17) is 10.5 Å². The van der Waals surface area contributed by atoms with Crippen molar-refractivity contribution in [1.82, 2.24) is 0 Å². The highest BCUT2D eigenvalue weighted by atomic mass is 35.5. The van der Waals surface area contributed by atoms with Crippen LogP contribution >= 0.6 is 12.4 Å². The van der Waals surface area contributed by atoms with Crippen LogP contribution in [0.4, 0.5) is 0 Å². The fraction of sp³-hybridized carbons (Fsp3) is 1.00. The van der Waals surface area contributed by atoms with Crippen LogP contribution in [0.3, 0.4) is 0 Å². The average molecular weight is 178 g/mol. The summed E-state index contributed by atoms with van der Waals surface area (Å²) in [6.45, 7) is 1.72. The lowest BCUT2D eigenvalue weighted by Crippen LogP contribution is -2.36. The fourth-order valence-corrected chi connectivity index (χ4v) is 2.01. The van der Waals surface area contributed by atoms with Gasteiger partial charge in [-0.25, -0.2) is 0 Å². The van der Waals surface area contributed by atoms with Gasteiger partial charge in [-0.15, -0.1) is 12.4 Å². The molecule has 66 valence electrons. The monoisotopic (exact) mass is 177 g/mol. The van der Waals surface area contributed by atoms with E-state index in [1.54, 1.807) is 0 Å². The minimum Gasteiger partial charge on any atom is -0.375 e. The summed E-state index contributed by atoms with van der Waals surface area (Å²) in [5, 5.41) is 0. The van der Waals surface area contributed by atoms with E-state index in [0.717, 1.165) is 13.2 Å². The highest BCUT2D eigenvalue weighted by Crippen LogP contribution is 2.44. The molecule has 2 rings (SSSR count). The Morgan fingerprint density at radius 2 is 2.18 bits per heavy atom. The maximum Gasteiger partial charge on any atom is 0.0686 e. The molecule has 0 aromatic heterocycles. The Bertz CT molecular complexity index is 136. The van der Waals surface area contributed by atoms with Crippen LogP contribution in [0, 0.1) is 5.92 Å². The highest BCUT2D eigenvalue weighted by Gasteiger charge is 2.44. The molecule has 1 unspecified atom stereocenters.